The van der Waals surface area contributed by atoms with Crippen LogP contribution in [0.2, 0.25) is 0 Å². The summed E-state index contributed by atoms with van der Waals surface area (Å²) in [6.07, 6.45) is 8.27. The van der Waals surface area contributed by atoms with Gasteiger partial charge in [-0.25, -0.2) is 0 Å². The van der Waals surface area contributed by atoms with Crippen LogP contribution in [0.25, 0.3) is 6.08 Å². The van der Waals surface area contributed by atoms with E-state index in [4.69, 9.17) is 0 Å². The minimum atomic E-state index is 0.0489. The normalized spacial score (nSPS) is 15.8. The third-order valence-corrected chi connectivity index (χ3v) is 4.79. The molecule has 1 saturated heterocycles. The van der Waals surface area contributed by atoms with Crippen LogP contribution >= 0.6 is 0 Å². The molecule has 2 heterocycles. The lowest BCUT2D eigenvalue weighted by atomic mass is 9.94. The molecule has 0 spiro atoms. The first-order valence-electron chi connectivity index (χ1n) is 8.60. The van der Waals surface area contributed by atoms with Crippen LogP contribution in [0, 0.1) is 19.8 Å². The van der Waals surface area contributed by atoms with E-state index in [1.54, 1.807) is 12.3 Å². The molecule has 0 radical (unpaired) electrons. The Morgan fingerprint density at radius 2 is 1.79 bits per heavy atom. The molecule has 24 heavy (non-hydrogen) atoms. The zero-order valence-corrected chi connectivity index (χ0v) is 14.4. The van der Waals surface area contributed by atoms with Gasteiger partial charge in [-0.05, 0) is 61.4 Å². The van der Waals surface area contributed by atoms with Crippen molar-refractivity contribution in [3.63, 3.8) is 0 Å². The minimum absolute atomic E-state index is 0.0489. The fraction of sp³-hybridized carbons (Fsp3) is 0.333. The Morgan fingerprint density at radius 3 is 2.42 bits per heavy atom. The van der Waals surface area contributed by atoms with Gasteiger partial charge in [-0.15, -0.1) is 0 Å². The van der Waals surface area contributed by atoms with E-state index >= 15 is 0 Å². The third kappa shape index (κ3) is 3.73. The molecule has 1 aromatic carbocycles. The Balaban J connectivity index is 1.59. The van der Waals surface area contributed by atoms with Gasteiger partial charge in [0.1, 0.15) is 5.69 Å². The first-order chi connectivity index (χ1) is 11.6. The van der Waals surface area contributed by atoms with Gasteiger partial charge in [0.05, 0.1) is 0 Å². The molecule has 3 nitrogen and oxygen atoms in total. The van der Waals surface area contributed by atoms with Crippen molar-refractivity contribution in [2.45, 2.75) is 26.7 Å². The summed E-state index contributed by atoms with van der Waals surface area (Å²) in [7, 11) is 0. The van der Waals surface area contributed by atoms with Crippen molar-refractivity contribution in [3.05, 3.63) is 71.1 Å². The summed E-state index contributed by atoms with van der Waals surface area (Å²) in [5, 5.41) is 0. The SMILES string of the molecule is Cc1cccc(C)c1/C=C/C1CCN(C(=O)c2ccccn2)CC1. The highest BCUT2D eigenvalue weighted by Crippen LogP contribution is 2.22. The third-order valence-electron chi connectivity index (χ3n) is 4.79. The lowest BCUT2D eigenvalue weighted by Gasteiger charge is -2.30. The van der Waals surface area contributed by atoms with Gasteiger partial charge in [-0.2, -0.15) is 0 Å². The highest BCUT2D eigenvalue weighted by Gasteiger charge is 2.22. The first-order valence-corrected chi connectivity index (χ1v) is 8.60. The first kappa shape index (κ1) is 16.4. The van der Waals surface area contributed by atoms with Crippen LogP contribution in [0.5, 0.6) is 0 Å². The van der Waals surface area contributed by atoms with Crippen molar-refractivity contribution in [2.75, 3.05) is 13.1 Å². The van der Waals surface area contributed by atoms with Crippen molar-refractivity contribution in [1.29, 1.82) is 0 Å². The Kier molecular flexibility index (Phi) is 5.09. The summed E-state index contributed by atoms with van der Waals surface area (Å²) in [6, 6.07) is 11.9. The number of amides is 1. The summed E-state index contributed by atoms with van der Waals surface area (Å²) in [4.78, 5) is 18.5. The van der Waals surface area contributed by atoms with Crippen molar-refractivity contribution in [2.24, 2.45) is 5.92 Å². The van der Waals surface area contributed by atoms with Crippen molar-refractivity contribution < 1.29 is 4.79 Å². The summed E-state index contributed by atoms with van der Waals surface area (Å²) in [6.45, 7) is 5.91. The second-order valence-corrected chi connectivity index (χ2v) is 6.51. The monoisotopic (exact) mass is 320 g/mol. The summed E-state index contributed by atoms with van der Waals surface area (Å²) >= 11 is 0. The number of pyridine rings is 1. The van der Waals surface area contributed by atoms with E-state index in [1.807, 2.05) is 17.0 Å². The zero-order valence-electron chi connectivity index (χ0n) is 14.4. The summed E-state index contributed by atoms with van der Waals surface area (Å²) in [5.41, 5.74) is 4.49. The number of carbonyl (C=O) groups is 1. The lowest BCUT2D eigenvalue weighted by Crippen LogP contribution is -2.38. The molecule has 3 heteroatoms. The van der Waals surface area contributed by atoms with Gasteiger partial charge in [-0.3, -0.25) is 9.78 Å². The summed E-state index contributed by atoms with van der Waals surface area (Å²) in [5.74, 6) is 0.588. The molecule has 0 N–H and O–H groups in total. The second kappa shape index (κ2) is 7.43. The van der Waals surface area contributed by atoms with Crippen LogP contribution in [0.4, 0.5) is 0 Å². The molecule has 1 aliphatic heterocycles. The standard InChI is InChI=1S/C21H24N2O/c1-16-6-5-7-17(2)19(16)10-9-18-11-14-23(15-12-18)21(24)20-8-3-4-13-22-20/h3-10,13,18H,11-12,14-15H2,1-2H3/b10-9+. The number of likely N-dealkylation sites (tertiary alicyclic amines) is 1. The summed E-state index contributed by atoms with van der Waals surface area (Å²) < 4.78 is 0. The van der Waals surface area contributed by atoms with Crippen LogP contribution < -0.4 is 0 Å². The van der Waals surface area contributed by atoms with E-state index in [2.05, 4.69) is 49.2 Å². The van der Waals surface area contributed by atoms with Gasteiger partial charge < -0.3 is 4.90 Å². The minimum Gasteiger partial charge on any atom is -0.337 e. The highest BCUT2D eigenvalue weighted by atomic mass is 16.2. The van der Waals surface area contributed by atoms with E-state index in [1.165, 1.54) is 16.7 Å². The molecule has 1 fully saturated rings. The van der Waals surface area contributed by atoms with Crippen molar-refractivity contribution in [1.82, 2.24) is 9.88 Å². The number of benzene rings is 1. The highest BCUT2D eigenvalue weighted by molar-refractivity contribution is 5.92. The van der Waals surface area contributed by atoms with Crippen LogP contribution in [-0.2, 0) is 0 Å². The fourth-order valence-corrected chi connectivity index (χ4v) is 3.27. The van der Waals surface area contributed by atoms with E-state index in [-0.39, 0.29) is 5.91 Å². The van der Waals surface area contributed by atoms with Crippen molar-refractivity contribution in [3.8, 4) is 0 Å². The van der Waals surface area contributed by atoms with Crippen molar-refractivity contribution >= 4 is 12.0 Å². The number of carbonyl (C=O) groups excluding carboxylic acids is 1. The van der Waals surface area contributed by atoms with Crippen LogP contribution in [-0.4, -0.2) is 28.9 Å². The Labute approximate surface area is 144 Å². The van der Waals surface area contributed by atoms with Gasteiger partial charge >= 0.3 is 0 Å². The molecule has 0 bridgehead atoms. The largest absolute Gasteiger partial charge is 0.337 e. The lowest BCUT2D eigenvalue weighted by molar-refractivity contribution is 0.0699. The maximum Gasteiger partial charge on any atom is 0.272 e. The molecule has 1 aliphatic rings. The Bertz CT molecular complexity index is 709. The van der Waals surface area contributed by atoms with Crippen LogP contribution in [0.1, 0.15) is 40.0 Å². The maximum atomic E-state index is 12.4. The number of nitrogens with zero attached hydrogens (tertiary/aromatic N) is 2. The quantitative estimate of drug-likeness (QED) is 0.846. The molecule has 0 aliphatic carbocycles. The van der Waals surface area contributed by atoms with E-state index in [0.717, 1.165) is 25.9 Å². The maximum absolute atomic E-state index is 12.4. The predicted molar refractivity (Wildman–Crippen MR) is 97.8 cm³/mol. The Morgan fingerprint density at radius 1 is 1.08 bits per heavy atom. The zero-order chi connectivity index (χ0) is 16.9. The average Bonchev–Trinajstić information content (AvgIpc) is 2.62. The molecule has 124 valence electrons. The van der Waals surface area contributed by atoms with Gasteiger partial charge in [0.2, 0.25) is 0 Å². The smallest absolute Gasteiger partial charge is 0.272 e. The Hall–Kier alpha value is -2.42. The molecule has 0 unspecified atom stereocenters. The van der Waals surface area contributed by atoms with Crippen LogP contribution in [0.3, 0.4) is 0 Å². The predicted octanol–water partition coefficient (Wildman–Crippen LogP) is 4.26. The molecular weight excluding hydrogens is 296 g/mol. The van der Waals surface area contributed by atoms with E-state index in [0.29, 0.717) is 11.6 Å². The number of piperidine rings is 1. The number of aromatic nitrogens is 1. The van der Waals surface area contributed by atoms with Crippen LogP contribution in [0.15, 0.2) is 48.7 Å². The van der Waals surface area contributed by atoms with Gasteiger partial charge in [0.15, 0.2) is 0 Å². The molecular formula is C21H24N2O. The topological polar surface area (TPSA) is 33.2 Å². The number of aryl methyl sites for hydroxylation is 2. The molecule has 1 aromatic heterocycles. The molecule has 0 saturated carbocycles. The average molecular weight is 320 g/mol. The number of hydrogen-bond acceptors (Lipinski definition) is 2. The molecule has 1 amide bonds. The fourth-order valence-electron chi connectivity index (χ4n) is 3.27. The number of hydrogen-bond donors (Lipinski definition) is 0. The molecule has 2 aromatic rings. The van der Waals surface area contributed by atoms with Gasteiger partial charge in [0, 0.05) is 19.3 Å². The second-order valence-electron chi connectivity index (χ2n) is 6.51. The van der Waals surface area contributed by atoms with Gasteiger partial charge in [0.25, 0.3) is 5.91 Å². The number of rotatable bonds is 3. The molecule has 0 atom stereocenters. The van der Waals surface area contributed by atoms with E-state index in [9.17, 15) is 4.79 Å². The van der Waals surface area contributed by atoms with Gasteiger partial charge in [-0.1, -0.05) is 36.4 Å². The number of allylic oxidation sites excluding steroid dienone is 1. The van der Waals surface area contributed by atoms with E-state index < -0.39 is 0 Å². The molecule has 3 rings (SSSR count).